The number of imidazole rings is 1. The third kappa shape index (κ3) is 3.47. The lowest BCUT2D eigenvalue weighted by Gasteiger charge is -2.17. The summed E-state index contributed by atoms with van der Waals surface area (Å²) in [5.41, 5.74) is 4.26. The van der Waals surface area contributed by atoms with Gasteiger partial charge < -0.3 is 9.47 Å². The molecule has 0 aliphatic carbocycles. The van der Waals surface area contributed by atoms with E-state index in [4.69, 9.17) is 4.98 Å². The molecule has 0 spiro atoms. The average Bonchev–Trinajstić information content (AvgIpc) is 3.30. The van der Waals surface area contributed by atoms with Crippen molar-refractivity contribution in [2.45, 2.75) is 18.9 Å². The predicted octanol–water partition coefficient (Wildman–Crippen LogP) is 5.37. The van der Waals surface area contributed by atoms with E-state index >= 15 is 0 Å². The Hall–Kier alpha value is -2.92. The van der Waals surface area contributed by atoms with Gasteiger partial charge in [0.15, 0.2) is 0 Å². The molecule has 0 saturated carbocycles. The molecule has 0 bridgehead atoms. The number of amides is 1. The van der Waals surface area contributed by atoms with Crippen molar-refractivity contribution in [1.29, 1.82) is 0 Å². The fourth-order valence-electron chi connectivity index (χ4n) is 4.09. The number of para-hydroxylation sites is 2. The van der Waals surface area contributed by atoms with Crippen LogP contribution < -0.4 is 4.90 Å². The summed E-state index contributed by atoms with van der Waals surface area (Å²) >= 11 is 3.46. The molecule has 0 unspecified atom stereocenters. The van der Waals surface area contributed by atoms with Gasteiger partial charge in [-0.15, -0.1) is 0 Å². The highest BCUT2D eigenvalue weighted by Crippen LogP contribution is 2.34. The number of hydrogen-bond acceptors (Lipinski definition) is 2. The van der Waals surface area contributed by atoms with Gasteiger partial charge in [0.25, 0.3) is 0 Å². The van der Waals surface area contributed by atoms with Gasteiger partial charge in [-0.1, -0.05) is 58.4 Å². The number of aromatic nitrogens is 2. The minimum Gasteiger partial charge on any atom is -0.323 e. The maximum Gasteiger partial charge on any atom is 0.227 e. The first-order chi connectivity index (χ1) is 14.2. The van der Waals surface area contributed by atoms with E-state index in [1.807, 2.05) is 53.4 Å². The van der Waals surface area contributed by atoms with Crippen LogP contribution in [0.4, 0.5) is 5.69 Å². The Morgan fingerprint density at radius 3 is 2.45 bits per heavy atom. The Labute approximate surface area is 177 Å². The maximum absolute atomic E-state index is 12.8. The van der Waals surface area contributed by atoms with Crippen LogP contribution in [0.25, 0.3) is 11.0 Å². The molecule has 2 heterocycles. The number of hydrogen-bond donors (Lipinski definition) is 0. The number of carbonyl (C=O) groups is 1. The second kappa shape index (κ2) is 7.48. The summed E-state index contributed by atoms with van der Waals surface area (Å²) in [6.45, 7) is 1.40. The Morgan fingerprint density at radius 2 is 1.66 bits per heavy atom. The van der Waals surface area contributed by atoms with Crippen molar-refractivity contribution in [2.75, 3.05) is 11.4 Å². The molecule has 1 aromatic heterocycles. The van der Waals surface area contributed by atoms with Gasteiger partial charge in [-0.25, -0.2) is 4.98 Å². The monoisotopic (exact) mass is 445 g/mol. The summed E-state index contributed by atoms with van der Waals surface area (Å²) in [4.78, 5) is 19.6. The Morgan fingerprint density at radius 1 is 0.931 bits per heavy atom. The molecule has 3 aromatic carbocycles. The fraction of sp³-hybridized carbons (Fsp3) is 0.167. The lowest BCUT2D eigenvalue weighted by molar-refractivity contribution is -0.117. The highest BCUT2D eigenvalue weighted by molar-refractivity contribution is 9.10. The van der Waals surface area contributed by atoms with E-state index in [1.54, 1.807) is 0 Å². The molecule has 1 aliphatic rings. The van der Waals surface area contributed by atoms with Gasteiger partial charge in [0.2, 0.25) is 5.91 Å². The quantitative estimate of drug-likeness (QED) is 0.423. The van der Waals surface area contributed by atoms with E-state index < -0.39 is 0 Å². The summed E-state index contributed by atoms with van der Waals surface area (Å²) in [6.07, 6.45) is 0.480. The largest absolute Gasteiger partial charge is 0.323 e. The average molecular weight is 446 g/mol. The molecular formula is C24H20BrN3O. The Bertz CT molecular complexity index is 1170. The van der Waals surface area contributed by atoms with E-state index in [1.165, 1.54) is 5.56 Å². The number of carbonyl (C=O) groups excluding carboxylic acids is 1. The molecule has 1 amide bonds. The van der Waals surface area contributed by atoms with Crippen LogP contribution in [0.2, 0.25) is 0 Å². The molecule has 4 nitrogen and oxygen atoms in total. The number of benzene rings is 3. The third-order valence-electron chi connectivity index (χ3n) is 5.50. The molecular weight excluding hydrogens is 426 g/mol. The minimum absolute atomic E-state index is 0.0715. The van der Waals surface area contributed by atoms with Gasteiger partial charge >= 0.3 is 0 Å². The number of fused-ring (bicyclic) bond motifs is 1. The van der Waals surface area contributed by atoms with Gasteiger partial charge in [-0.2, -0.15) is 0 Å². The zero-order valence-electron chi connectivity index (χ0n) is 15.8. The molecule has 5 rings (SSSR count). The van der Waals surface area contributed by atoms with Crippen molar-refractivity contribution in [2.24, 2.45) is 0 Å². The predicted molar refractivity (Wildman–Crippen MR) is 119 cm³/mol. The van der Waals surface area contributed by atoms with Crippen LogP contribution in [-0.2, 0) is 11.3 Å². The summed E-state index contributed by atoms with van der Waals surface area (Å²) in [7, 11) is 0. The molecule has 1 saturated heterocycles. The van der Waals surface area contributed by atoms with Crippen molar-refractivity contribution < 1.29 is 4.79 Å². The zero-order valence-corrected chi connectivity index (χ0v) is 17.4. The lowest BCUT2D eigenvalue weighted by Crippen LogP contribution is -2.24. The van der Waals surface area contributed by atoms with Crippen molar-refractivity contribution in [3.63, 3.8) is 0 Å². The number of anilines is 1. The van der Waals surface area contributed by atoms with Crippen molar-refractivity contribution in [3.05, 3.63) is 94.7 Å². The summed E-state index contributed by atoms with van der Waals surface area (Å²) in [5.74, 6) is 1.21. The van der Waals surface area contributed by atoms with E-state index in [0.717, 1.165) is 33.6 Å². The molecule has 29 heavy (non-hydrogen) atoms. The van der Waals surface area contributed by atoms with E-state index in [0.29, 0.717) is 13.0 Å². The molecule has 4 aromatic rings. The SMILES string of the molecule is O=C1C[C@H](c2nc3ccccc3n2Cc2ccccc2)CN1c1ccc(Br)cc1. The minimum atomic E-state index is 0.0715. The maximum atomic E-state index is 12.8. The van der Waals surface area contributed by atoms with Crippen LogP contribution in [0.3, 0.4) is 0 Å². The first kappa shape index (κ1) is 18.1. The Balaban J connectivity index is 1.52. The van der Waals surface area contributed by atoms with Crippen LogP contribution in [0.15, 0.2) is 83.3 Å². The van der Waals surface area contributed by atoms with Gasteiger partial charge in [-0.05, 0) is 42.0 Å². The highest BCUT2D eigenvalue weighted by atomic mass is 79.9. The third-order valence-corrected chi connectivity index (χ3v) is 6.02. The number of nitrogens with zero attached hydrogens (tertiary/aromatic N) is 3. The van der Waals surface area contributed by atoms with Crippen molar-refractivity contribution in [3.8, 4) is 0 Å². The van der Waals surface area contributed by atoms with Crippen LogP contribution in [0, 0.1) is 0 Å². The highest BCUT2D eigenvalue weighted by Gasteiger charge is 2.34. The van der Waals surface area contributed by atoms with Crippen molar-refractivity contribution >= 4 is 38.6 Å². The number of rotatable bonds is 4. The van der Waals surface area contributed by atoms with Gasteiger partial charge in [-0.3, -0.25) is 4.79 Å². The normalized spacial score (nSPS) is 16.7. The molecule has 1 fully saturated rings. The summed E-state index contributed by atoms with van der Waals surface area (Å²) in [5, 5.41) is 0. The van der Waals surface area contributed by atoms with E-state index in [2.05, 4.69) is 50.8 Å². The van der Waals surface area contributed by atoms with E-state index in [-0.39, 0.29) is 11.8 Å². The zero-order chi connectivity index (χ0) is 19.8. The molecule has 1 aliphatic heterocycles. The van der Waals surface area contributed by atoms with Crippen LogP contribution >= 0.6 is 15.9 Å². The standard InChI is InChI=1S/C24H20BrN3O/c25-19-10-12-20(13-11-19)27-16-18(14-23(27)29)24-26-21-8-4-5-9-22(21)28(24)15-17-6-2-1-3-7-17/h1-13,18H,14-16H2/t18-/m0/s1. The van der Waals surface area contributed by atoms with Crippen LogP contribution in [0.5, 0.6) is 0 Å². The van der Waals surface area contributed by atoms with Gasteiger partial charge in [0, 0.05) is 35.6 Å². The fourth-order valence-corrected chi connectivity index (χ4v) is 4.35. The summed E-state index contributed by atoms with van der Waals surface area (Å²) < 4.78 is 3.28. The molecule has 144 valence electrons. The van der Waals surface area contributed by atoms with Crippen LogP contribution in [0.1, 0.15) is 23.7 Å². The lowest BCUT2D eigenvalue weighted by atomic mass is 10.1. The van der Waals surface area contributed by atoms with Gasteiger partial charge in [0.05, 0.1) is 11.0 Å². The van der Waals surface area contributed by atoms with E-state index in [9.17, 15) is 4.79 Å². The molecule has 0 N–H and O–H groups in total. The van der Waals surface area contributed by atoms with Crippen LogP contribution in [-0.4, -0.2) is 22.0 Å². The first-order valence-electron chi connectivity index (χ1n) is 9.74. The first-order valence-corrected chi connectivity index (χ1v) is 10.5. The van der Waals surface area contributed by atoms with Crippen molar-refractivity contribution in [1.82, 2.24) is 9.55 Å². The van der Waals surface area contributed by atoms with Gasteiger partial charge in [0.1, 0.15) is 5.82 Å². The molecule has 1 atom stereocenters. The molecule has 5 heteroatoms. The smallest absolute Gasteiger partial charge is 0.227 e. The second-order valence-electron chi connectivity index (χ2n) is 7.41. The molecule has 0 radical (unpaired) electrons. The number of halogens is 1. The topological polar surface area (TPSA) is 38.1 Å². The Kier molecular flexibility index (Phi) is 4.68. The second-order valence-corrected chi connectivity index (χ2v) is 8.33. The summed E-state index contributed by atoms with van der Waals surface area (Å²) in [6, 6.07) is 26.5.